The molecular weight excluding hydrogens is 392 g/mol. The summed E-state index contributed by atoms with van der Waals surface area (Å²) in [6.45, 7) is 7.45. The van der Waals surface area contributed by atoms with Crippen molar-refractivity contribution in [1.82, 2.24) is 20.2 Å². The third-order valence-corrected chi connectivity index (χ3v) is 5.30. The molecule has 158 valence electrons. The van der Waals surface area contributed by atoms with Gasteiger partial charge in [0.05, 0.1) is 16.7 Å². The Morgan fingerprint density at radius 1 is 1.28 bits per heavy atom. The third kappa shape index (κ3) is 6.57. The summed E-state index contributed by atoms with van der Waals surface area (Å²) in [4.78, 5) is 41.4. The van der Waals surface area contributed by atoms with E-state index in [0.717, 1.165) is 18.2 Å². The first-order chi connectivity index (χ1) is 14.0. The molecule has 2 N–H and O–H groups in total. The van der Waals surface area contributed by atoms with E-state index in [1.165, 1.54) is 0 Å². The van der Waals surface area contributed by atoms with Crippen LogP contribution in [0.25, 0.3) is 10.9 Å². The average Bonchev–Trinajstić information content (AvgIpc) is 2.71. The highest BCUT2D eigenvalue weighted by Crippen LogP contribution is 2.22. The Morgan fingerprint density at radius 3 is 2.76 bits per heavy atom. The SMILES string of the molecule is CCOCCCNC(=O)NC(=O)CSc1nc2ccccc2c(=O)n1C(C)CC. The molecule has 0 radical (unpaired) electrons. The minimum absolute atomic E-state index is 0.0203. The van der Waals surface area contributed by atoms with Gasteiger partial charge in [-0.15, -0.1) is 0 Å². The van der Waals surface area contributed by atoms with Gasteiger partial charge in [0.15, 0.2) is 5.16 Å². The smallest absolute Gasteiger partial charge is 0.321 e. The normalized spacial score (nSPS) is 12.0. The van der Waals surface area contributed by atoms with Crippen molar-refractivity contribution >= 4 is 34.6 Å². The van der Waals surface area contributed by atoms with E-state index in [4.69, 9.17) is 4.74 Å². The maximum Gasteiger partial charge on any atom is 0.321 e. The molecule has 1 heterocycles. The van der Waals surface area contributed by atoms with Crippen molar-refractivity contribution in [3.05, 3.63) is 34.6 Å². The zero-order valence-corrected chi connectivity index (χ0v) is 17.9. The number of imide groups is 1. The number of ether oxygens (including phenoxy) is 1. The minimum Gasteiger partial charge on any atom is -0.382 e. The van der Waals surface area contributed by atoms with Crippen molar-refractivity contribution in [2.45, 2.75) is 44.8 Å². The molecule has 3 amide bonds. The van der Waals surface area contributed by atoms with E-state index < -0.39 is 11.9 Å². The predicted molar refractivity (Wildman–Crippen MR) is 114 cm³/mol. The highest BCUT2D eigenvalue weighted by Gasteiger charge is 2.17. The monoisotopic (exact) mass is 420 g/mol. The van der Waals surface area contributed by atoms with Crippen LogP contribution in [-0.4, -0.2) is 47.0 Å². The molecule has 1 unspecified atom stereocenters. The van der Waals surface area contributed by atoms with Crippen LogP contribution in [-0.2, 0) is 9.53 Å². The van der Waals surface area contributed by atoms with Gasteiger partial charge in [-0.05, 0) is 38.8 Å². The Labute approximate surface area is 174 Å². The Kier molecular flexibility index (Phi) is 9.14. The van der Waals surface area contributed by atoms with Crippen molar-refractivity contribution < 1.29 is 14.3 Å². The molecular formula is C20H28N4O4S. The van der Waals surface area contributed by atoms with Crippen LogP contribution in [0.1, 0.15) is 39.7 Å². The lowest BCUT2D eigenvalue weighted by Gasteiger charge is -2.18. The van der Waals surface area contributed by atoms with Crippen molar-refractivity contribution in [1.29, 1.82) is 0 Å². The van der Waals surface area contributed by atoms with Crippen molar-refractivity contribution in [2.24, 2.45) is 0 Å². The summed E-state index contributed by atoms with van der Waals surface area (Å²) in [5, 5.41) is 5.92. The topological polar surface area (TPSA) is 102 Å². The molecule has 0 bridgehead atoms. The number of carbonyl (C=O) groups excluding carboxylic acids is 2. The number of aromatic nitrogens is 2. The molecule has 8 nitrogen and oxygen atoms in total. The predicted octanol–water partition coefficient (Wildman–Crippen LogP) is 2.71. The van der Waals surface area contributed by atoms with E-state index in [2.05, 4.69) is 15.6 Å². The van der Waals surface area contributed by atoms with E-state index in [-0.39, 0.29) is 17.4 Å². The van der Waals surface area contributed by atoms with Crippen LogP contribution < -0.4 is 16.2 Å². The van der Waals surface area contributed by atoms with Gasteiger partial charge in [-0.2, -0.15) is 0 Å². The van der Waals surface area contributed by atoms with Gasteiger partial charge in [-0.1, -0.05) is 30.8 Å². The quantitative estimate of drug-likeness (QED) is 0.348. The van der Waals surface area contributed by atoms with E-state index in [1.54, 1.807) is 22.8 Å². The first kappa shape index (κ1) is 22.9. The number of thioether (sulfide) groups is 1. The van der Waals surface area contributed by atoms with E-state index in [1.807, 2.05) is 26.8 Å². The lowest BCUT2D eigenvalue weighted by Crippen LogP contribution is -2.41. The van der Waals surface area contributed by atoms with Gasteiger partial charge in [0.25, 0.3) is 5.56 Å². The maximum atomic E-state index is 12.9. The molecule has 2 rings (SSSR count). The second kappa shape index (κ2) is 11.6. The van der Waals surface area contributed by atoms with Gasteiger partial charge in [0.2, 0.25) is 5.91 Å². The number of nitrogens with one attached hydrogen (secondary N) is 2. The standard InChI is InChI=1S/C20H28N4O4S/c1-4-14(3)24-18(26)15-9-6-7-10-16(15)22-20(24)29-13-17(25)23-19(27)21-11-8-12-28-5-2/h6-7,9-10,14H,4-5,8,11-13H2,1-3H3,(H2,21,23,25,27). The summed E-state index contributed by atoms with van der Waals surface area (Å²) in [5.74, 6) is -0.469. The van der Waals surface area contributed by atoms with E-state index in [0.29, 0.717) is 42.2 Å². The molecule has 0 saturated carbocycles. The van der Waals surface area contributed by atoms with Gasteiger partial charge in [0, 0.05) is 25.8 Å². The molecule has 1 aromatic carbocycles. The van der Waals surface area contributed by atoms with Crippen LogP contribution in [0, 0.1) is 0 Å². The van der Waals surface area contributed by atoms with Crippen LogP contribution in [0.2, 0.25) is 0 Å². The zero-order chi connectivity index (χ0) is 21.2. The lowest BCUT2D eigenvalue weighted by atomic mass is 10.2. The molecule has 0 aliphatic rings. The van der Waals surface area contributed by atoms with Gasteiger partial charge in [0.1, 0.15) is 0 Å². The number of nitrogens with zero attached hydrogens (tertiary/aromatic N) is 2. The number of amides is 3. The molecule has 0 saturated heterocycles. The van der Waals surface area contributed by atoms with Crippen LogP contribution in [0.3, 0.4) is 0 Å². The molecule has 0 fully saturated rings. The van der Waals surface area contributed by atoms with E-state index >= 15 is 0 Å². The second-order valence-corrected chi connectivity index (χ2v) is 7.43. The Hall–Kier alpha value is -2.39. The number of hydrogen-bond donors (Lipinski definition) is 2. The fourth-order valence-corrected chi connectivity index (χ4v) is 3.55. The second-order valence-electron chi connectivity index (χ2n) is 6.49. The van der Waals surface area contributed by atoms with Gasteiger partial charge in [-0.25, -0.2) is 9.78 Å². The summed E-state index contributed by atoms with van der Waals surface area (Å²) < 4.78 is 6.81. The Balaban J connectivity index is 2.01. The highest BCUT2D eigenvalue weighted by molar-refractivity contribution is 7.99. The molecule has 0 spiro atoms. The van der Waals surface area contributed by atoms with Crippen molar-refractivity contribution in [2.75, 3.05) is 25.5 Å². The maximum absolute atomic E-state index is 12.9. The highest BCUT2D eigenvalue weighted by atomic mass is 32.2. The van der Waals surface area contributed by atoms with Crippen LogP contribution in [0.15, 0.2) is 34.2 Å². The largest absolute Gasteiger partial charge is 0.382 e. The number of urea groups is 1. The van der Waals surface area contributed by atoms with Crippen LogP contribution in [0.5, 0.6) is 0 Å². The van der Waals surface area contributed by atoms with Crippen LogP contribution in [0.4, 0.5) is 4.79 Å². The number of hydrogen-bond acceptors (Lipinski definition) is 6. The first-order valence-electron chi connectivity index (χ1n) is 9.77. The summed E-state index contributed by atoms with van der Waals surface area (Å²) in [6, 6.07) is 6.55. The van der Waals surface area contributed by atoms with Crippen molar-refractivity contribution in [3.8, 4) is 0 Å². The number of rotatable bonds is 10. The van der Waals surface area contributed by atoms with Crippen molar-refractivity contribution in [3.63, 3.8) is 0 Å². The number of fused-ring (bicyclic) bond motifs is 1. The third-order valence-electron chi connectivity index (χ3n) is 4.35. The molecule has 2 aromatic rings. The summed E-state index contributed by atoms with van der Waals surface area (Å²) in [5.41, 5.74) is 0.465. The number of para-hydroxylation sites is 1. The lowest BCUT2D eigenvalue weighted by molar-refractivity contribution is -0.117. The Morgan fingerprint density at radius 2 is 2.03 bits per heavy atom. The average molecular weight is 421 g/mol. The molecule has 29 heavy (non-hydrogen) atoms. The van der Waals surface area contributed by atoms with Gasteiger partial charge in [-0.3, -0.25) is 19.5 Å². The summed E-state index contributed by atoms with van der Waals surface area (Å²) in [7, 11) is 0. The molecule has 1 atom stereocenters. The fraction of sp³-hybridized carbons (Fsp3) is 0.500. The first-order valence-corrected chi connectivity index (χ1v) is 10.8. The number of carbonyl (C=O) groups is 2. The molecule has 1 aromatic heterocycles. The van der Waals surface area contributed by atoms with Gasteiger partial charge < -0.3 is 10.1 Å². The summed E-state index contributed by atoms with van der Waals surface area (Å²) >= 11 is 1.14. The van der Waals surface area contributed by atoms with Crippen LogP contribution >= 0.6 is 11.8 Å². The van der Waals surface area contributed by atoms with Gasteiger partial charge >= 0.3 is 6.03 Å². The molecule has 9 heteroatoms. The summed E-state index contributed by atoms with van der Waals surface area (Å²) in [6.07, 6.45) is 1.43. The Bertz CT molecular complexity index is 900. The fourth-order valence-electron chi connectivity index (χ4n) is 2.66. The minimum atomic E-state index is -0.544. The molecule has 0 aliphatic carbocycles. The zero-order valence-electron chi connectivity index (χ0n) is 17.1. The molecule has 0 aliphatic heterocycles. The van der Waals surface area contributed by atoms with E-state index in [9.17, 15) is 14.4 Å². The number of benzene rings is 1.